The molecule has 3 N–H and O–H groups in total. The molecule has 2 aromatic rings. The Hall–Kier alpha value is -1.43. The summed E-state index contributed by atoms with van der Waals surface area (Å²) in [6.07, 6.45) is -2.01. The Morgan fingerprint density at radius 2 is 2.17 bits per heavy atom. The second-order valence-corrected chi connectivity index (χ2v) is 5.05. The molecule has 0 bridgehead atoms. The lowest BCUT2D eigenvalue weighted by molar-refractivity contribution is -0.119. The van der Waals surface area contributed by atoms with E-state index >= 15 is 0 Å². The predicted octanol–water partition coefficient (Wildman–Crippen LogP) is 1.43. The van der Waals surface area contributed by atoms with Crippen molar-refractivity contribution in [1.29, 1.82) is 0 Å². The lowest BCUT2D eigenvalue weighted by Gasteiger charge is -2.18. The van der Waals surface area contributed by atoms with Crippen LogP contribution in [0, 0.1) is 0 Å². The number of amides is 1. The SMILES string of the molecule is CC(=O)NCC(O)C(O)c1cccc2ccsc12. The Morgan fingerprint density at radius 1 is 1.39 bits per heavy atom. The molecule has 4 nitrogen and oxygen atoms in total. The van der Waals surface area contributed by atoms with Gasteiger partial charge in [-0.25, -0.2) is 0 Å². The van der Waals surface area contributed by atoms with Crippen LogP contribution in [0.1, 0.15) is 18.6 Å². The van der Waals surface area contributed by atoms with Gasteiger partial charge in [0.25, 0.3) is 0 Å². The highest BCUT2D eigenvalue weighted by molar-refractivity contribution is 7.17. The van der Waals surface area contributed by atoms with E-state index in [0.29, 0.717) is 5.56 Å². The van der Waals surface area contributed by atoms with Crippen LogP contribution in [0.4, 0.5) is 0 Å². The molecule has 2 unspecified atom stereocenters. The van der Waals surface area contributed by atoms with Crippen LogP contribution in [0.25, 0.3) is 10.1 Å². The number of nitrogens with one attached hydrogen (secondary N) is 1. The van der Waals surface area contributed by atoms with Gasteiger partial charge in [-0.1, -0.05) is 18.2 Å². The quantitative estimate of drug-likeness (QED) is 0.783. The van der Waals surface area contributed by atoms with Crippen molar-refractivity contribution < 1.29 is 15.0 Å². The molecule has 96 valence electrons. The first kappa shape index (κ1) is 13.0. The molecule has 0 saturated carbocycles. The first-order chi connectivity index (χ1) is 8.59. The molecule has 0 spiro atoms. The number of rotatable bonds is 4. The Kier molecular flexibility index (Phi) is 3.96. The maximum absolute atomic E-state index is 10.8. The largest absolute Gasteiger partial charge is 0.388 e. The van der Waals surface area contributed by atoms with Gasteiger partial charge in [-0.15, -0.1) is 11.3 Å². The minimum Gasteiger partial charge on any atom is -0.388 e. The van der Waals surface area contributed by atoms with Crippen molar-refractivity contribution in [3.8, 4) is 0 Å². The van der Waals surface area contributed by atoms with Gasteiger partial charge in [0.15, 0.2) is 0 Å². The molecule has 0 radical (unpaired) electrons. The summed E-state index contributed by atoms with van der Waals surface area (Å²) in [5.74, 6) is -0.226. The van der Waals surface area contributed by atoms with Crippen LogP contribution in [0.3, 0.4) is 0 Å². The molecular weight excluding hydrogens is 250 g/mol. The van der Waals surface area contributed by atoms with E-state index in [9.17, 15) is 15.0 Å². The second kappa shape index (κ2) is 5.48. The van der Waals surface area contributed by atoms with Crippen LogP contribution in [-0.2, 0) is 4.79 Å². The maximum Gasteiger partial charge on any atom is 0.216 e. The molecule has 1 aromatic heterocycles. The van der Waals surface area contributed by atoms with Crippen LogP contribution >= 0.6 is 11.3 Å². The van der Waals surface area contributed by atoms with Gasteiger partial charge in [0.05, 0.1) is 0 Å². The van der Waals surface area contributed by atoms with Gasteiger partial charge >= 0.3 is 0 Å². The van der Waals surface area contributed by atoms with E-state index in [4.69, 9.17) is 0 Å². The zero-order chi connectivity index (χ0) is 13.1. The fourth-order valence-electron chi connectivity index (χ4n) is 1.82. The Balaban J connectivity index is 2.19. The van der Waals surface area contributed by atoms with Gasteiger partial charge in [-0.05, 0) is 16.8 Å². The molecule has 2 rings (SSSR count). The van der Waals surface area contributed by atoms with Crippen LogP contribution in [0.5, 0.6) is 0 Å². The van der Waals surface area contributed by atoms with Crippen LogP contribution in [-0.4, -0.2) is 28.8 Å². The molecule has 1 aromatic carbocycles. The number of benzene rings is 1. The average molecular weight is 265 g/mol. The van der Waals surface area contributed by atoms with E-state index in [0.717, 1.165) is 10.1 Å². The summed E-state index contributed by atoms with van der Waals surface area (Å²) in [7, 11) is 0. The van der Waals surface area contributed by atoms with Crippen LogP contribution in [0.15, 0.2) is 29.6 Å². The Bertz CT molecular complexity index is 552. The van der Waals surface area contributed by atoms with Gasteiger partial charge in [0.1, 0.15) is 12.2 Å². The summed E-state index contributed by atoms with van der Waals surface area (Å²) in [6, 6.07) is 7.57. The molecule has 0 aliphatic rings. The van der Waals surface area contributed by atoms with E-state index < -0.39 is 12.2 Å². The maximum atomic E-state index is 10.8. The minimum absolute atomic E-state index is 0.0399. The fourth-order valence-corrected chi connectivity index (χ4v) is 2.76. The average Bonchev–Trinajstić information content (AvgIpc) is 2.82. The molecule has 5 heteroatoms. The third-order valence-electron chi connectivity index (χ3n) is 2.75. The lowest BCUT2D eigenvalue weighted by Crippen LogP contribution is -2.34. The highest BCUT2D eigenvalue weighted by Gasteiger charge is 2.20. The molecule has 2 atom stereocenters. The molecule has 0 aliphatic carbocycles. The Labute approximate surface area is 109 Å². The first-order valence-corrected chi connectivity index (χ1v) is 6.54. The zero-order valence-electron chi connectivity index (χ0n) is 9.96. The summed E-state index contributed by atoms with van der Waals surface area (Å²) in [5, 5.41) is 25.5. The summed E-state index contributed by atoms with van der Waals surface area (Å²) in [5.41, 5.74) is 0.695. The van der Waals surface area contributed by atoms with Gasteiger partial charge in [-0.2, -0.15) is 0 Å². The highest BCUT2D eigenvalue weighted by atomic mass is 32.1. The van der Waals surface area contributed by atoms with Gasteiger partial charge < -0.3 is 15.5 Å². The molecule has 1 heterocycles. The van der Waals surface area contributed by atoms with E-state index in [1.165, 1.54) is 18.3 Å². The number of hydrogen-bond acceptors (Lipinski definition) is 4. The number of thiophene rings is 1. The molecular formula is C13H15NO3S. The summed E-state index contributed by atoms with van der Waals surface area (Å²) in [4.78, 5) is 10.8. The van der Waals surface area contributed by atoms with E-state index in [1.807, 2.05) is 23.6 Å². The van der Waals surface area contributed by atoms with Crippen molar-refractivity contribution in [1.82, 2.24) is 5.32 Å². The summed E-state index contributed by atoms with van der Waals surface area (Å²) >= 11 is 1.53. The van der Waals surface area contributed by atoms with E-state index in [1.54, 1.807) is 6.07 Å². The number of carbonyl (C=O) groups excluding carboxylic acids is 1. The van der Waals surface area contributed by atoms with Crippen molar-refractivity contribution >= 4 is 27.3 Å². The van der Waals surface area contributed by atoms with E-state index in [-0.39, 0.29) is 12.5 Å². The van der Waals surface area contributed by atoms with Crippen LogP contribution in [0.2, 0.25) is 0 Å². The molecule has 0 fully saturated rings. The van der Waals surface area contributed by atoms with Gasteiger partial charge in [-0.3, -0.25) is 4.79 Å². The number of carbonyl (C=O) groups is 1. The lowest BCUT2D eigenvalue weighted by atomic mass is 10.0. The van der Waals surface area contributed by atoms with Crippen molar-refractivity contribution in [3.63, 3.8) is 0 Å². The van der Waals surface area contributed by atoms with Gasteiger partial charge in [0.2, 0.25) is 5.91 Å². The van der Waals surface area contributed by atoms with Crippen molar-refractivity contribution in [2.24, 2.45) is 0 Å². The number of aliphatic hydroxyl groups is 2. The molecule has 18 heavy (non-hydrogen) atoms. The van der Waals surface area contributed by atoms with Crippen molar-refractivity contribution in [2.75, 3.05) is 6.54 Å². The highest BCUT2D eigenvalue weighted by Crippen LogP contribution is 2.30. The fraction of sp³-hybridized carbons (Fsp3) is 0.308. The zero-order valence-corrected chi connectivity index (χ0v) is 10.8. The van der Waals surface area contributed by atoms with Crippen LogP contribution < -0.4 is 5.32 Å². The number of hydrogen-bond donors (Lipinski definition) is 3. The van der Waals surface area contributed by atoms with Gasteiger partial charge in [0, 0.05) is 23.7 Å². The normalized spacial score (nSPS) is 14.4. The Morgan fingerprint density at radius 3 is 2.89 bits per heavy atom. The summed E-state index contributed by atoms with van der Waals surface area (Å²) in [6.45, 7) is 1.41. The second-order valence-electron chi connectivity index (χ2n) is 4.14. The van der Waals surface area contributed by atoms with E-state index in [2.05, 4.69) is 5.32 Å². The monoisotopic (exact) mass is 265 g/mol. The molecule has 0 aliphatic heterocycles. The third-order valence-corrected chi connectivity index (χ3v) is 3.73. The minimum atomic E-state index is -1.01. The predicted molar refractivity (Wildman–Crippen MR) is 71.5 cm³/mol. The first-order valence-electron chi connectivity index (χ1n) is 5.66. The number of aliphatic hydroxyl groups excluding tert-OH is 2. The molecule has 1 amide bonds. The molecule has 0 saturated heterocycles. The van der Waals surface area contributed by atoms with Crippen molar-refractivity contribution in [3.05, 3.63) is 35.2 Å². The summed E-state index contributed by atoms with van der Waals surface area (Å²) < 4.78 is 0.965. The smallest absolute Gasteiger partial charge is 0.216 e. The standard InChI is InChI=1S/C13H15NO3S/c1-8(15)14-7-11(16)12(17)10-4-2-3-9-5-6-18-13(9)10/h2-6,11-12,16-17H,7H2,1H3,(H,14,15). The third kappa shape index (κ3) is 2.69. The topological polar surface area (TPSA) is 69.6 Å². The number of fused-ring (bicyclic) bond motifs is 1. The van der Waals surface area contributed by atoms with Crippen molar-refractivity contribution in [2.45, 2.75) is 19.1 Å².